The van der Waals surface area contributed by atoms with Gasteiger partial charge in [0, 0.05) is 18.7 Å². The van der Waals surface area contributed by atoms with Gasteiger partial charge in [-0.2, -0.15) is 0 Å². The van der Waals surface area contributed by atoms with Crippen molar-refractivity contribution in [2.24, 2.45) is 0 Å². The molecule has 0 unspecified atom stereocenters. The molecule has 0 fully saturated rings. The zero-order chi connectivity index (χ0) is 18.4. The number of hydrogen-bond acceptors (Lipinski definition) is 3. The van der Waals surface area contributed by atoms with Crippen LogP contribution in [-0.2, 0) is 14.9 Å². The predicted molar refractivity (Wildman–Crippen MR) is 91.3 cm³/mol. The van der Waals surface area contributed by atoms with Gasteiger partial charge in [0.2, 0.25) is 5.91 Å². The molecule has 1 aromatic rings. The minimum absolute atomic E-state index is 0.259. The van der Waals surface area contributed by atoms with E-state index in [1.54, 1.807) is 52.8 Å². The fraction of sp³-hybridized carbons (Fsp3) is 0.556. The van der Waals surface area contributed by atoms with E-state index in [0.29, 0.717) is 25.1 Å². The molecule has 0 aliphatic carbocycles. The molecular formula is C18H27FN2O3. The van der Waals surface area contributed by atoms with Crippen molar-refractivity contribution in [3.05, 3.63) is 35.6 Å². The maximum Gasteiger partial charge on any atom is 0.407 e. The van der Waals surface area contributed by atoms with E-state index < -0.39 is 22.9 Å². The largest absolute Gasteiger partial charge is 0.444 e. The summed E-state index contributed by atoms with van der Waals surface area (Å²) in [5, 5.41) is 5.39. The Morgan fingerprint density at radius 3 is 2.21 bits per heavy atom. The lowest BCUT2D eigenvalue weighted by Crippen LogP contribution is -2.42. The average Bonchev–Trinajstić information content (AvgIpc) is 2.45. The van der Waals surface area contributed by atoms with Crippen LogP contribution in [0.1, 0.15) is 46.6 Å². The van der Waals surface area contributed by atoms with Crippen LogP contribution in [0, 0.1) is 5.82 Å². The number of halogens is 1. The van der Waals surface area contributed by atoms with Crippen LogP contribution in [0.25, 0.3) is 0 Å². The number of nitrogens with one attached hydrogen (secondary N) is 2. The van der Waals surface area contributed by atoms with E-state index in [9.17, 15) is 14.0 Å². The van der Waals surface area contributed by atoms with Crippen LogP contribution in [0.4, 0.5) is 9.18 Å². The summed E-state index contributed by atoms with van der Waals surface area (Å²) in [6.07, 6.45) is 0.0683. The van der Waals surface area contributed by atoms with Gasteiger partial charge in [-0.15, -0.1) is 0 Å². The summed E-state index contributed by atoms with van der Waals surface area (Å²) in [6.45, 7) is 9.49. The van der Waals surface area contributed by atoms with E-state index in [0.717, 1.165) is 0 Å². The van der Waals surface area contributed by atoms with Crippen molar-refractivity contribution in [1.82, 2.24) is 10.6 Å². The first-order valence-electron chi connectivity index (χ1n) is 8.04. The number of benzene rings is 1. The van der Waals surface area contributed by atoms with Crippen molar-refractivity contribution in [1.29, 1.82) is 0 Å². The van der Waals surface area contributed by atoms with Crippen LogP contribution in [0.15, 0.2) is 24.3 Å². The normalized spacial score (nSPS) is 11.8. The molecule has 0 aliphatic rings. The number of carbonyl (C=O) groups is 2. The molecule has 0 radical (unpaired) electrons. The quantitative estimate of drug-likeness (QED) is 0.783. The van der Waals surface area contributed by atoms with E-state index in [-0.39, 0.29) is 5.91 Å². The maximum absolute atomic E-state index is 13.9. The van der Waals surface area contributed by atoms with Crippen LogP contribution in [0.3, 0.4) is 0 Å². The molecule has 0 spiro atoms. The first-order chi connectivity index (χ1) is 11.0. The number of rotatable bonds is 6. The van der Waals surface area contributed by atoms with Gasteiger partial charge in [0.05, 0.1) is 5.41 Å². The second-order valence-electron chi connectivity index (χ2n) is 7.14. The molecule has 2 amide bonds. The monoisotopic (exact) mass is 338 g/mol. The van der Waals surface area contributed by atoms with Crippen LogP contribution in [0.5, 0.6) is 0 Å². The molecule has 1 rings (SSSR count). The van der Waals surface area contributed by atoms with Gasteiger partial charge in [-0.1, -0.05) is 18.2 Å². The fourth-order valence-corrected chi connectivity index (χ4v) is 2.11. The van der Waals surface area contributed by atoms with Crippen molar-refractivity contribution in [3.63, 3.8) is 0 Å². The van der Waals surface area contributed by atoms with Gasteiger partial charge in [0.25, 0.3) is 0 Å². The van der Waals surface area contributed by atoms with Crippen molar-refractivity contribution in [2.75, 3.05) is 13.1 Å². The highest BCUT2D eigenvalue weighted by molar-refractivity contribution is 5.87. The van der Waals surface area contributed by atoms with Crippen molar-refractivity contribution < 1.29 is 18.7 Å². The van der Waals surface area contributed by atoms with Crippen LogP contribution < -0.4 is 10.6 Å². The Hall–Kier alpha value is -2.11. The van der Waals surface area contributed by atoms with Gasteiger partial charge in [0.1, 0.15) is 11.4 Å². The third-order valence-corrected chi connectivity index (χ3v) is 3.42. The van der Waals surface area contributed by atoms with Gasteiger partial charge in [-0.3, -0.25) is 4.79 Å². The molecule has 0 heterocycles. The highest BCUT2D eigenvalue weighted by atomic mass is 19.1. The summed E-state index contributed by atoms with van der Waals surface area (Å²) in [6, 6.07) is 6.25. The highest BCUT2D eigenvalue weighted by Gasteiger charge is 2.31. The van der Waals surface area contributed by atoms with E-state index in [1.165, 1.54) is 6.07 Å². The molecule has 0 saturated heterocycles. The van der Waals surface area contributed by atoms with Crippen LogP contribution >= 0.6 is 0 Å². The molecule has 0 bridgehead atoms. The topological polar surface area (TPSA) is 67.4 Å². The second-order valence-corrected chi connectivity index (χ2v) is 7.14. The number of ether oxygens (including phenoxy) is 1. The summed E-state index contributed by atoms with van der Waals surface area (Å²) >= 11 is 0. The molecule has 2 N–H and O–H groups in total. The zero-order valence-electron chi connectivity index (χ0n) is 15.0. The Balaban J connectivity index is 2.39. The summed E-state index contributed by atoms with van der Waals surface area (Å²) in [5.74, 6) is -0.658. The highest BCUT2D eigenvalue weighted by Crippen LogP contribution is 2.25. The SMILES string of the molecule is CC(C)(C)OC(=O)NCCCNC(=O)C(C)(C)c1ccccc1F. The van der Waals surface area contributed by atoms with Gasteiger partial charge in [0.15, 0.2) is 0 Å². The first-order valence-corrected chi connectivity index (χ1v) is 8.04. The summed E-state index contributed by atoms with van der Waals surface area (Å²) in [7, 11) is 0. The molecule has 0 aliphatic heterocycles. The predicted octanol–water partition coefficient (Wildman–Crippen LogP) is 3.13. The van der Waals surface area contributed by atoms with Crippen molar-refractivity contribution in [2.45, 2.75) is 52.1 Å². The van der Waals surface area contributed by atoms with Gasteiger partial charge in [-0.25, -0.2) is 9.18 Å². The lowest BCUT2D eigenvalue weighted by atomic mass is 9.83. The molecule has 134 valence electrons. The molecule has 5 nitrogen and oxygen atoms in total. The smallest absolute Gasteiger partial charge is 0.407 e. The molecule has 0 saturated carbocycles. The molecule has 24 heavy (non-hydrogen) atoms. The second kappa shape index (κ2) is 8.13. The number of carbonyl (C=O) groups excluding carboxylic acids is 2. The van der Waals surface area contributed by atoms with E-state index in [4.69, 9.17) is 4.74 Å². The lowest BCUT2D eigenvalue weighted by Gasteiger charge is -2.24. The minimum Gasteiger partial charge on any atom is -0.444 e. The van der Waals surface area contributed by atoms with Gasteiger partial charge < -0.3 is 15.4 Å². The van der Waals surface area contributed by atoms with E-state index in [1.807, 2.05) is 0 Å². The molecule has 0 aromatic heterocycles. The summed E-state index contributed by atoms with van der Waals surface area (Å²) in [5.41, 5.74) is -1.15. The van der Waals surface area contributed by atoms with Crippen molar-refractivity contribution in [3.8, 4) is 0 Å². The van der Waals surface area contributed by atoms with Gasteiger partial charge in [-0.05, 0) is 47.1 Å². The van der Waals surface area contributed by atoms with Crippen LogP contribution in [-0.4, -0.2) is 30.7 Å². The van der Waals surface area contributed by atoms with E-state index in [2.05, 4.69) is 10.6 Å². The third-order valence-electron chi connectivity index (χ3n) is 3.42. The number of alkyl carbamates (subject to hydrolysis) is 1. The van der Waals surface area contributed by atoms with Crippen molar-refractivity contribution >= 4 is 12.0 Å². The summed E-state index contributed by atoms with van der Waals surface area (Å²) in [4.78, 5) is 23.8. The minimum atomic E-state index is -0.968. The number of hydrogen-bond donors (Lipinski definition) is 2. The fourth-order valence-electron chi connectivity index (χ4n) is 2.11. The Labute approximate surface area is 143 Å². The third kappa shape index (κ3) is 6.18. The Kier molecular flexibility index (Phi) is 6.75. The average molecular weight is 338 g/mol. The van der Waals surface area contributed by atoms with Gasteiger partial charge >= 0.3 is 6.09 Å². The maximum atomic E-state index is 13.9. The molecule has 0 atom stereocenters. The molecule has 6 heteroatoms. The molecular weight excluding hydrogens is 311 g/mol. The zero-order valence-corrected chi connectivity index (χ0v) is 15.0. The molecule has 1 aromatic carbocycles. The standard InChI is InChI=1S/C18H27FN2O3/c1-17(2,3)24-16(23)21-12-8-11-20-15(22)18(4,5)13-9-6-7-10-14(13)19/h6-7,9-10H,8,11-12H2,1-5H3,(H,20,22)(H,21,23). The lowest BCUT2D eigenvalue weighted by molar-refractivity contribution is -0.125. The first kappa shape index (κ1) is 19.9. The van der Waals surface area contributed by atoms with Crippen LogP contribution in [0.2, 0.25) is 0 Å². The Bertz CT molecular complexity index is 580. The Morgan fingerprint density at radius 1 is 1.04 bits per heavy atom. The number of amides is 2. The van der Waals surface area contributed by atoms with E-state index >= 15 is 0 Å². The summed E-state index contributed by atoms with van der Waals surface area (Å²) < 4.78 is 19.0. The Morgan fingerprint density at radius 2 is 1.62 bits per heavy atom.